The summed E-state index contributed by atoms with van der Waals surface area (Å²) in [5, 5.41) is 3.22. The molecule has 0 aliphatic heterocycles. The highest BCUT2D eigenvalue weighted by Gasteiger charge is 2.03. The molecule has 0 fully saturated rings. The van der Waals surface area contributed by atoms with Crippen LogP contribution < -0.4 is 10.1 Å². The van der Waals surface area contributed by atoms with E-state index in [9.17, 15) is 4.39 Å². The number of nitrogens with zero attached hydrogens (tertiary/aromatic N) is 1. The van der Waals surface area contributed by atoms with Crippen molar-refractivity contribution in [2.45, 2.75) is 20.0 Å². The molecule has 20 heavy (non-hydrogen) atoms. The zero-order chi connectivity index (χ0) is 14.4. The number of anilines is 1. The van der Waals surface area contributed by atoms with E-state index in [0.717, 1.165) is 24.5 Å². The standard InChI is InChI=1S/C15H16BrFN2O/c1-2-8-18-15-5-3-4-11(19-15)10-20-12-6-7-13(16)14(17)9-12/h3-7,9H,2,8,10H2,1H3,(H,18,19). The maximum Gasteiger partial charge on any atom is 0.141 e. The van der Waals surface area contributed by atoms with Crippen molar-refractivity contribution in [3.63, 3.8) is 0 Å². The Labute approximate surface area is 126 Å². The number of benzene rings is 1. The van der Waals surface area contributed by atoms with Crippen LogP contribution in [0.5, 0.6) is 5.75 Å². The number of hydrogen-bond acceptors (Lipinski definition) is 3. The quantitative estimate of drug-likeness (QED) is 0.848. The highest BCUT2D eigenvalue weighted by molar-refractivity contribution is 9.10. The van der Waals surface area contributed by atoms with Gasteiger partial charge in [0.15, 0.2) is 0 Å². The van der Waals surface area contributed by atoms with Crippen molar-refractivity contribution in [3.05, 3.63) is 52.4 Å². The first-order valence-electron chi connectivity index (χ1n) is 6.46. The van der Waals surface area contributed by atoms with E-state index in [1.54, 1.807) is 12.1 Å². The fourth-order valence-electron chi connectivity index (χ4n) is 1.64. The Morgan fingerprint density at radius 1 is 1.30 bits per heavy atom. The molecule has 0 radical (unpaired) electrons. The largest absolute Gasteiger partial charge is 0.487 e. The molecule has 0 aliphatic carbocycles. The molecule has 1 aromatic heterocycles. The van der Waals surface area contributed by atoms with Gasteiger partial charge in [0.1, 0.15) is 24.0 Å². The Kier molecular flexibility index (Phi) is 5.35. The van der Waals surface area contributed by atoms with E-state index in [4.69, 9.17) is 4.74 Å². The smallest absolute Gasteiger partial charge is 0.141 e. The molecule has 0 saturated heterocycles. The summed E-state index contributed by atoms with van der Waals surface area (Å²) in [6.45, 7) is 3.29. The summed E-state index contributed by atoms with van der Waals surface area (Å²) < 4.78 is 19.3. The average Bonchev–Trinajstić information content (AvgIpc) is 2.47. The minimum Gasteiger partial charge on any atom is -0.487 e. The third-order valence-corrected chi connectivity index (χ3v) is 3.28. The number of aromatic nitrogens is 1. The highest BCUT2D eigenvalue weighted by atomic mass is 79.9. The van der Waals surface area contributed by atoms with Crippen LogP contribution in [0.3, 0.4) is 0 Å². The van der Waals surface area contributed by atoms with Crippen molar-refractivity contribution in [3.8, 4) is 5.75 Å². The van der Waals surface area contributed by atoms with E-state index in [0.29, 0.717) is 16.8 Å². The molecule has 1 N–H and O–H groups in total. The zero-order valence-electron chi connectivity index (χ0n) is 11.2. The predicted octanol–water partition coefficient (Wildman–Crippen LogP) is 4.38. The van der Waals surface area contributed by atoms with Crippen molar-refractivity contribution in [2.24, 2.45) is 0 Å². The maximum absolute atomic E-state index is 13.4. The van der Waals surface area contributed by atoms with Crippen LogP contribution in [0.4, 0.5) is 10.2 Å². The van der Waals surface area contributed by atoms with Gasteiger partial charge >= 0.3 is 0 Å². The van der Waals surface area contributed by atoms with Crippen molar-refractivity contribution in [1.82, 2.24) is 4.98 Å². The van der Waals surface area contributed by atoms with Crippen molar-refractivity contribution < 1.29 is 9.13 Å². The molecular formula is C15H16BrFN2O. The van der Waals surface area contributed by atoms with Gasteiger partial charge < -0.3 is 10.1 Å². The first-order valence-corrected chi connectivity index (χ1v) is 7.26. The van der Waals surface area contributed by atoms with E-state index < -0.39 is 0 Å². The van der Waals surface area contributed by atoms with Crippen LogP contribution in [0.2, 0.25) is 0 Å². The average molecular weight is 339 g/mol. The van der Waals surface area contributed by atoms with Gasteiger partial charge in [0.05, 0.1) is 10.2 Å². The summed E-state index contributed by atoms with van der Waals surface area (Å²) in [6, 6.07) is 10.4. The first-order chi connectivity index (χ1) is 9.69. The van der Waals surface area contributed by atoms with Crippen LogP contribution >= 0.6 is 15.9 Å². The lowest BCUT2D eigenvalue weighted by Crippen LogP contribution is -2.05. The molecule has 1 heterocycles. The Balaban J connectivity index is 1.97. The minimum absolute atomic E-state index is 0.308. The highest BCUT2D eigenvalue weighted by Crippen LogP contribution is 2.21. The van der Waals surface area contributed by atoms with Gasteiger partial charge in [0.25, 0.3) is 0 Å². The maximum atomic E-state index is 13.4. The van der Waals surface area contributed by atoms with Crippen LogP contribution in [-0.2, 0) is 6.61 Å². The molecule has 106 valence electrons. The topological polar surface area (TPSA) is 34.1 Å². The van der Waals surface area contributed by atoms with Gasteiger partial charge in [0.2, 0.25) is 0 Å². The summed E-state index contributed by atoms with van der Waals surface area (Å²) in [5.41, 5.74) is 0.800. The van der Waals surface area contributed by atoms with E-state index >= 15 is 0 Å². The number of hydrogen-bond donors (Lipinski definition) is 1. The molecule has 1 aromatic carbocycles. The molecule has 0 unspecified atom stereocenters. The van der Waals surface area contributed by atoms with Gasteiger partial charge in [-0.3, -0.25) is 0 Å². The molecule has 0 spiro atoms. The van der Waals surface area contributed by atoms with Crippen molar-refractivity contribution >= 4 is 21.7 Å². The summed E-state index contributed by atoms with van der Waals surface area (Å²) in [5.74, 6) is 0.975. The molecule has 0 amide bonds. The predicted molar refractivity (Wildman–Crippen MR) is 81.4 cm³/mol. The monoisotopic (exact) mass is 338 g/mol. The van der Waals surface area contributed by atoms with Crippen LogP contribution in [0.15, 0.2) is 40.9 Å². The molecule has 0 saturated carbocycles. The molecule has 0 atom stereocenters. The van der Waals surface area contributed by atoms with Gasteiger partial charge in [-0.05, 0) is 46.6 Å². The van der Waals surface area contributed by atoms with Crippen LogP contribution in [-0.4, -0.2) is 11.5 Å². The lowest BCUT2D eigenvalue weighted by Gasteiger charge is -2.08. The summed E-state index contributed by atoms with van der Waals surface area (Å²) in [6.07, 6.45) is 1.04. The summed E-state index contributed by atoms with van der Waals surface area (Å²) in [4.78, 5) is 4.43. The zero-order valence-corrected chi connectivity index (χ0v) is 12.8. The number of pyridine rings is 1. The Morgan fingerprint density at radius 2 is 2.15 bits per heavy atom. The van der Waals surface area contributed by atoms with Crippen molar-refractivity contribution in [1.29, 1.82) is 0 Å². The fraction of sp³-hybridized carbons (Fsp3) is 0.267. The lowest BCUT2D eigenvalue weighted by molar-refractivity contribution is 0.300. The Morgan fingerprint density at radius 3 is 2.90 bits per heavy atom. The van der Waals surface area contributed by atoms with E-state index in [2.05, 4.69) is 33.2 Å². The molecule has 0 bridgehead atoms. The Hall–Kier alpha value is -1.62. The van der Waals surface area contributed by atoms with Crippen LogP contribution in [0.25, 0.3) is 0 Å². The molecule has 2 aromatic rings. The summed E-state index contributed by atoms with van der Waals surface area (Å²) >= 11 is 3.11. The van der Waals surface area contributed by atoms with Crippen LogP contribution in [0.1, 0.15) is 19.0 Å². The molecule has 3 nitrogen and oxygen atoms in total. The molecule has 0 aliphatic rings. The molecular weight excluding hydrogens is 323 g/mol. The Bertz CT molecular complexity index is 578. The fourth-order valence-corrected chi connectivity index (χ4v) is 1.88. The SMILES string of the molecule is CCCNc1cccc(COc2ccc(Br)c(F)c2)n1. The van der Waals surface area contributed by atoms with Gasteiger partial charge in [0, 0.05) is 12.6 Å². The van der Waals surface area contributed by atoms with E-state index in [1.165, 1.54) is 6.07 Å². The molecule has 5 heteroatoms. The summed E-state index contributed by atoms with van der Waals surface area (Å²) in [7, 11) is 0. The van der Waals surface area contributed by atoms with E-state index in [-0.39, 0.29) is 5.82 Å². The second-order valence-corrected chi connectivity index (χ2v) is 5.16. The van der Waals surface area contributed by atoms with Crippen molar-refractivity contribution in [2.75, 3.05) is 11.9 Å². The van der Waals surface area contributed by atoms with E-state index in [1.807, 2.05) is 18.2 Å². The lowest BCUT2D eigenvalue weighted by atomic mass is 10.3. The first kappa shape index (κ1) is 14.8. The molecule has 2 rings (SSSR count). The van der Waals surface area contributed by atoms with Gasteiger partial charge in [-0.25, -0.2) is 9.37 Å². The van der Waals surface area contributed by atoms with Gasteiger partial charge in [-0.15, -0.1) is 0 Å². The van der Waals surface area contributed by atoms with Gasteiger partial charge in [-0.2, -0.15) is 0 Å². The van der Waals surface area contributed by atoms with Crippen LogP contribution in [0, 0.1) is 5.82 Å². The minimum atomic E-state index is -0.339. The van der Waals surface area contributed by atoms with Gasteiger partial charge in [-0.1, -0.05) is 13.0 Å². The second-order valence-electron chi connectivity index (χ2n) is 4.31. The third kappa shape index (κ3) is 4.20. The number of nitrogens with one attached hydrogen (secondary N) is 1. The number of ether oxygens (including phenoxy) is 1. The number of halogens is 2. The second kappa shape index (κ2) is 7.24. The number of rotatable bonds is 6. The third-order valence-electron chi connectivity index (χ3n) is 2.64. The normalized spacial score (nSPS) is 10.3.